The van der Waals surface area contributed by atoms with Gasteiger partial charge in [-0.25, -0.2) is 0 Å². The smallest absolute Gasteiger partial charge is 0.246 e. The van der Waals surface area contributed by atoms with E-state index in [9.17, 15) is 4.79 Å². The molecule has 0 saturated heterocycles. The van der Waals surface area contributed by atoms with Crippen LogP contribution in [0.4, 0.5) is 0 Å². The van der Waals surface area contributed by atoms with Crippen LogP contribution in [0.3, 0.4) is 0 Å². The average molecular weight is 292 g/mol. The first-order valence-corrected chi connectivity index (χ1v) is 7.66. The Bertz CT molecular complexity index is 679. The van der Waals surface area contributed by atoms with E-state index in [-0.39, 0.29) is 11.9 Å². The molecule has 3 rings (SSSR count). The maximum atomic E-state index is 12.3. The van der Waals surface area contributed by atoms with Gasteiger partial charge in [0.05, 0.1) is 0 Å². The highest BCUT2D eigenvalue weighted by Gasteiger charge is 2.23. The number of pyridine rings is 1. The fraction of sp³-hybridized carbons (Fsp3) is 0.263. The third-order valence-electron chi connectivity index (χ3n) is 4.32. The van der Waals surface area contributed by atoms with Crippen LogP contribution in [0.1, 0.15) is 23.1 Å². The molecule has 0 bridgehead atoms. The molecule has 22 heavy (non-hydrogen) atoms. The summed E-state index contributed by atoms with van der Waals surface area (Å²) >= 11 is 0. The summed E-state index contributed by atoms with van der Waals surface area (Å²) in [6.45, 7) is 0. The fourth-order valence-corrected chi connectivity index (χ4v) is 2.95. The summed E-state index contributed by atoms with van der Waals surface area (Å²) in [5.74, 6) is 0.0493. The zero-order valence-electron chi connectivity index (χ0n) is 12.8. The average Bonchev–Trinajstić information content (AvgIpc) is 2.59. The lowest BCUT2D eigenvalue weighted by Gasteiger charge is -2.31. The highest BCUT2D eigenvalue weighted by Crippen LogP contribution is 2.24. The lowest BCUT2D eigenvalue weighted by atomic mass is 9.87. The maximum absolute atomic E-state index is 12.3. The molecule has 112 valence electrons. The Hall–Kier alpha value is -2.42. The molecule has 1 aromatic carbocycles. The molecule has 1 amide bonds. The van der Waals surface area contributed by atoms with Crippen LogP contribution in [0.5, 0.6) is 0 Å². The summed E-state index contributed by atoms with van der Waals surface area (Å²) in [7, 11) is 1.90. The summed E-state index contributed by atoms with van der Waals surface area (Å²) in [6.07, 6.45) is 9.95. The van der Waals surface area contributed by atoms with Crippen molar-refractivity contribution in [1.29, 1.82) is 0 Å². The molecule has 1 aromatic heterocycles. The normalized spacial score (nSPS) is 17.2. The first-order valence-electron chi connectivity index (χ1n) is 7.66. The standard InChI is InChI=1S/C19H20N2O/c1-21(19(22)11-8-15-5-4-12-20-14-15)18-10-9-16-6-2-3-7-17(16)13-18/h2-8,11-12,14,18H,9-10,13H2,1H3/b11-8+/t18-/m0/s1. The second-order valence-corrected chi connectivity index (χ2v) is 5.73. The van der Waals surface area contributed by atoms with Crippen molar-refractivity contribution in [3.63, 3.8) is 0 Å². The van der Waals surface area contributed by atoms with Crippen molar-refractivity contribution in [2.75, 3.05) is 7.05 Å². The number of rotatable bonds is 3. The second kappa shape index (κ2) is 6.56. The van der Waals surface area contributed by atoms with Crippen LogP contribution in [0.15, 0.2) is 54.9 Å². The molecule has 3 heteroatoms. The molecular weight excluding hydrogens is 272 g/mol. The Morgan fingerprint density at radius 1 is 1.23 bits per heavy atom. The van der Waals surface area contributed by atoms with Gasteiger partial charge in [0.2, 0.25) is 5.91 Å². The minimum atomic E-state index is 0.0493. The van der Waals surface area contributed by atoms with E-state index in [0.717, 1.165) is 24.8 Å². The van der Waals surface area contributed by atoms with Gasteiger partial charge in [0.15, 0.2) is 0 Å². The predicted molar refractivity (Wildman–Crippen MR) is 88.3 cm³/mol. The van der Waals surface area contributed by atoms with Gasteiger partial charge < -0.3 is 4.90 Å². The van der Waals surface area contributed by atoms with Crippen molar-refractivity contribution < 1.29 is 4.79 Å². The Morgan fingerprint density at radius 2 is 2.05 bits per heavy atom. The van der Waals surface area contributed by atoms with Crippen LogP contribution in [-0.2, 0) is 17.6 Å². The van der Waals surface area contributed by atoms with E-state index in [2.05, 4.69) is 29.2 Å². The van der Waals surface area contributed by atoms with E-state index in [1.807, 2.05) is 30.2 Å². The van der Waals surface area contributed by atoms with Gasteiger partial charge in [-0.05, 0) is 48.1 Å². The van der Waals surface area contributed by atoms with Crippen molar-refractivity contribution in [1.82, 2.24) is 9.88 Å². The molecule has 3 nitrogen and oxygen atoms in total. The number of benzene rings is 1. The van der Waals surface area contributed by atoms with Gasteiger partial charge in [0.1, 0.15) is 0 Å². The minimum Gasteiger partial charge on any atom is -0.339 e. The predicted octanol–water partition coefficient (Wildman–Crippen LogP) is 3.11. The van der Waals surface area contributed by atoms with E-state index >= 15 is 0 Å². The van der Waals surface area contributed by atoms with Crippen LogP contribution >= 0.6 is 0 Å². The highest BCUT2D eigenvalue weighted by atomic mass is 16.2. The molecule has 1 atom stereocenters. The number of aromatic nitrogens is 1. The quantitative estimate of drug-likeness (QED) is 0.814. The van der Waals surface area contributed by atoms with Crippen molar-refractivity contribution in [3.8, 4) is 0 Å². The summed E-state index contributed by atoms with van der Waals surface area (Å²) in [5.41, 5.74) is 3.73. The van der Waals surface area contributed by atoms with Crippen LogP contribution in [0, 0.1) is 0 Å². The van der Waals surface area contributed by atoms with E-state index in [0.29, 0.717) is 0 Å². The number of carbonyl (C=O) groups excluding carboxylic acids is 1. The minimum absolute atomic E-state index is 0.0493. The number of fused-ring (bicyclic) bond motifs is 1. The lowest BCUT2D eigenvalue weighted by Crippen LogP contribution is -2.39. The molecule has 0 radical (unpaired) electrons. The van der Waals surface area contributed by atoms with Crippen molar-refractivity contribution in [2.24, 2.45) is 0 Å². The van der Waals surface area contributed by atoms with Crippen molar-refractivity contribution in [3.05, 3.63) is 71.6 Å². The van der Waals surface area contributed by atoms with E-state index in [1.165, 1.54) is 11.1 Å². The zero-order chi connectivity index (χ0) is 15.4. The molecular formula is C19H20N2O. The number of likely N-dealkylation sites (N-methyl/N-ethyl adjacent to an activating group) is 1. The highest BCUT2D eigenvalue weighted by molar-refractivity contribution is 5.91. The van der Waals surface area contributed by atoms with Crippen molar-refractivity contribution in [2.45, 2.75) is 25.3 Å². The molecule has 2 aromatic rings. The molecule has 0 unspecified atom stereocenters. The first-order chi connectivity index (χ1) is 10.7. The monoisotopic (exact) mass is 292 g/mol. The molecule has 0 fully saturated rings. The largest absolute Gasteiger partial charge is 0.339 e. The summed E-state index contributed by atoms with van der Waals surface area (Å²) in [5, 5.41) is 0. The number of hydrogen-bond acceptors (Lipinski definition) is 2. The number of aryl methyl sites for hydroxylation is 1. The van der Waals surface area contributed by atoms with Gasteiger partial charge in [0.25, 0.3) is 0 Å². The van der Waals surface area contributed by atoms with Crippen LogP contribution in [0.2, 0.25) is 0 Å². The van der Waals surface area contributed by atoms with Gasteiger partial charge >= 0.3 is 0 Å². The van der Waals surface area contributed by atoms with E-state index in [1.54, 1.807) is 18.5 Å². The molecule has 1 aliphatic rings. The number of carbonyl (C=O) groups is 1. The van der Waals surface area contributed by atoms with Gasteiger partial charge in [-0.15, -0.1) is 0 Å². The number of amides is 1. The number of nitrogens with zero attached hydrogens (tertiary/aromatic N) is 2. The lowest BCUT2D eigenvalue weighted by molar-refractivity contribution is -0.126. The summed E-state index contributed by atoms with van der Waals surface area (Å²) in [4.78, 5) is 18.3. The molecule has 0 N–H and O–H groups in total. The van der Waals surface area contributed by atoms with E-state index < -0.39 is 0 Å². The molecule has 0 saturated carbocycles. The van der Waals surface area contributed by atoms with Gasteiger partial charge in [-0.1, -0.05) is 30.3 Å². The van der Waals surface area contributed by atoms with Crippen LogP contribution in [0.25, 0.3) is 6.08 Å². The molecule has 0 spiro atoms. The Balaban J connectivity index is 1.66. The van der Waals surface area contributed by atoms with Crippen LogP contribution < -0.4 is 0 Å². The Kier molecular flexibility index (Phi) is 4.33. The number of hydrogen-bond donors (Lipinski definition) is 0. The Labute approximate surface area is 131 Å². The topological polar surface area (TPSA) is 33.2 Å². The molecule has 1 heterocycles. The molecule has 1 aliphatic carbocycles. The molecule has 0 aliphatic heterocycles. The maximum Gasteiger partial charge on any atom is 0.246 e. The fourth-order valence-electron chi connectivity index (χ4n) is 2.95. The van der Waals surface area contributed by atoms with Gasteiger partial charge in [-0.3, -0.25) is 9.78 Å². The summed E-state index contributed by atoms with van der Waals surface area (Å²) in [6, 6.07) is 12.6. The zero-order valence-corrected chi connectivity index (χ0v) is 12.8. The second-order valence-electron chi connectivity index (χ2n) is 5.73. The SMILES string of the molecule is CN(C(=O)/C=C/c1cccnc1)[C@H]1CCc2ccccc2C1. The van der Waals surface area contributed by atoms with Crippen molar-refractivity contribution >= 4 is 12.0 Å². The van der Waals surface area contributed by atoms with Gasteiger partial charge in [-0.2, -0.15) is 0 Å². The van der Waals surface area contributed by atoms with Crippen LogP contribution in [-0.4, -0.2) is 28.9 Å². The first kappa shape index (κ1) is 14.5. The van der Waals surface area contributed by atoms with Gasteiger partial charge in [0, 0.05) is 31.6 Å². The van der Waals surface area contributed by atoms with E-state index in [4.69, 9.17) is 0 Å². The summed E-state index contributed by atoms with van der Waals surface area (Å²) < 4.78 is 0. The third-order valence-corrected chi connectivity index (χ3v) is 4.32. The third kappa shape index (κ3) is 3.25. The Morgan fingerprint density at radius 3 is 2.82 bits per heavy atom.